The number of aryl methyl sites for hydroxylation is 2. The van der Waals surface area contributed by atoms with Gasteiger partial charge in [0.25, 0.3) is 0 Å². The average molecular weight is 218 g/mol. The Hall–Kier alpha value is -0.860. The van der Waals surface area contributed by atoms with Crippen LogP contribution in [0.15, 0.2) is 18.2 Å². The predicted molar refractivity (Wildman–Crippen MR) is 68.8 cm³/mol. The molecule has 0 bridgehead atoms. The van der Waals surface area contributed by atoms with E-state index in [-0.39, 0.29) is 0 Å². The number of likely N-dealkylation sites (N-methyl/N-ethyl adjacent to an activating group) is 1. The molecule has 1 aliphatic rings. The van der Waals surface area contributed by atoms with Crippen molar-refractivity contribution in [3.8, 4) is 0 Å². The largest absolute Gasteiger partial charge is 0.313 e. The summed E-state index contributed by atoms with van der Waals surface area (Å²) in [7, 11) is 2.23. The lowest BCUT2D eigenvalue weighted by molar-refractivity contribution is 0.141. The molecule has 0 aromatic heterocycles. The highest BCUT2D eigenvalue weighted by Gasteiger charge is 2.26. The van der Waals surface area contributed by atoms with Gasteiger partial charge >= 0.3 is 0 Å². The lowest BCUT2D eigenvalue weighted by Crippen LogP contribution is -2.49. The molecule has 1 saturated heterocycles. The van der Waals surface area contributed by atoms with Crippen LogP contribution in [0.1, 0.15) is 29.7 Å². The molecule has 0 saturated carbocycles. The van der Waals surface area contributed by atoms with Gasteiger partial charge in [0.2, 0.25) is 0 Å². The number of hydrogen-bond donors (Lipinski definition) is 1. The summed E-state index contributed by atoms with van der Waals surface area (Å²) in [5.41, 5.74) is 4.22. The molecule has 1 N–H and O–H groups in total. The van der Waals surface area contributed by atoms with Gasteiger partial charge in [-0.3, -0.25) is 4.90 Å². The zero-order valence-corrected chi connectivity index (χ0v) is 10.7. The zero-order chi connectivity index (χ0) is 11.7. The van der Waals surface area contributed by atoms with Crippen molar-refractivity contribution in [1.82, 2.24) is 10.2 Å². The third kappa shape index (κ3) is 2.13. The molecule has 2 heteroatoms. The molecule has 1 unspecified atom stereocenters. The summed E-state index contributed by atoms with van der Waals surface area (Å²) in [6.45, 7) is 8.81. The standard InChI is InChI=1S/C14H22N2/c1-10-5-6-13(11(2)7-10)14-9-15-8-12(3)16(14)4/h5-7,12,14-15H,8-9H2,1-4H3/t12-,14?/m0/s1. The number of benzene rings is 1. The first kappa shape index (κ1) is 11.6. The van der Waals surface area contributed by atoms with E-state index >= 15 is 0 Å². The van der Waals surface area contributed by atoms with Crippen LogP contribution in [0.25, 0.3) is 0 Å². The molecule has 0 amide bonds. The van der Waals surface area contributed by atoms with Crippen LogP contribution in [0.4, 0.5) is 0 Å². The van der Waals surface area contributed by atoms with Gasteiger partial charge in [0.15, 0.2) is 0 Å². The Bertz CT molecular complexity index is 373. The highest BCUT2D eigenvalue weighted by atomic mass is 15.2. The maximum atomic E-state index is 3.51. The highest BCUT2D eigenvalue weighted by molar-refractivity contribution is 5.33. The predicted octanol–water partition coefficient (Wildman–Crippen LogP) is 2.27. The Morgan fingerprint density at radius 3 is 2.69 bits per heavy atom. The van der Waals surface area contributed by atoms with Crippen molar-refractivity contribution in [2.75, 3.05) is 20.1 Å². The molecule has 2 rings (SSSR count). The van der Waals surface area contributed by atoms with Crippen molar-refractivity contribution in [2.24, 2.45) is 0 Å². The third-order valence-corrected chi connectivity index (χ3v) is 3.75. The van der Waals surface area contributed by atoms with Gasteiger partial charge in [-0.05, 0) is 38.9 Å². The molecule has 1 fully saturated rings. The number of nitrogens with one attached hydrogen (secondary N) is 1. The summed E-state index contributed by atoms with van der Waals surface area (Å²) in [5, 5.41) is 3.51. The van der Waals surface area contributed by atoms with E-state index in [4.69, 9.17) is 0 Å². The van der Waals surface area contributed by atoms with Crippen LogP contribution < -0.4 is 5.32 Å². The molecule has 1 heterocycles. The van der Waals surface area contributed by atoms with E-state index in [0.29, 0.717) is 12.1 Å². The molecule has 1 aromatic rings. The molecule has 0 aliphatic carbocycles. The maximum Gasteiger partial charge on any atom is 0.0475 e. The van der Waals surface area contributed by atoms with Crippen LogP contribution in [-0.2, 0) is 0 Å². The fraction of sp³-hybridized carbons (Fsp3) is 0.571. The SMILES string of the molecule is Cc1ccc(C2CNC[C@H](C)N2C)c(C)c1. The van der Waals surface area contributed by atoms with E-state index < -0.39 is 0 Å². The van der Waals surface area contributed by atoms with Crippen molar-refractivity contribution in [3.05, 3.63) is 34.9 Å². The van der Waals surface area contributed by atoms with Gasteiger partial charge in [-0.15, -0.1) is 0 Å². The third-order valence-electron chi connectivity index (χ3n) is 3.75. The highest BCUT2D eigenvalue weighted by Crippen LogP contribution is 2.26. The Morgan fingerprint density at radius 1 is 1.25 bits per heavy atom. The molecule has 2 nitrogen and oxygen atoms in total. The molecule has 1 aromatic carbocycles. The van der Waals surface area contributed by atoms with Gasteiger partial charge < -0.3 is 5.32 Å². The van der Waals surface area contributed by atoms with E-state index in [0.717, 1.165) is 13.1 Å². The normalized spacial score (nSPS) is 27.0. The van der Waals surface area contributed by atoms with Gasteiger partial charge in [-0.2, -0.15) is 0 Å². The zero-order valence-electron chi connectivity index (χ0n) is 10.7. The summed E-state index contributed by atoms with van der Waals surface area (Å²) in [6.07, 6.45) is 0. The fourth-order valence-corrected chi connectivity index (χ4v) is 2.55. The summed E-state index contributed by atoms with van der Waals surface area (Å²) < 4.78 is 0. The Labute approximate surface area is 98.7 Å². The number of nitrogens with zero attached hydrogens (tertiary/aromatic N) is 1. The van der Waals surface area contributed by atoms with Gasteiger partial charge in [-0.1, -0.05) is 23.8 Å². The van der Waals surface area contributed by atoms with Crippen LogP contribution >= 0.6 is 0 Å². The molecule has 0 radical (unpaired) electrons. The molecule has 88 valence electrons. The van der Waals surface area contributed by atoms with Gasteiger partial charge in [0.05, 0.1) is 0 Å². The van der Waals surface area contributed by atoms with Gasteiger partial charge in [0.1, 0.15) is 0 Å². The second kappa shape index (κ2) is 4.56. The van der Waals surface area contributed by atoms with Crippen molar-refractivity contribution in [1.29, 1.82) is 0 Å². The van der Waals surface area contributed by atoms with Gasteiger partial charge in [-0.25, -0.2) is 0 Å². The first-order chi connectivity index (χ1) is 7.59. The first-order valence-corrected chi connectivity index (χ1v) is 6.09. The molecule has 2 atom stereocenters. The fourth-order valence-electron chi connectivity index (χ4n) is 2.55. The summed E-state index contributed by atoms with van der Waals surface area (Å²) in [6, 6.07) is 7.91. The van der Waals surface area contributed by atoms with Crippen LogP contribution in [0.2, 0.25) is 0 Å². The number of piperazine rings is 1. The number of rotatable bonds is 1. The summed E-state index contributed by atoms with van der Waals surface area (Å²) in [4.78, 5) is 2.48. The number of hydrogen-bond acceptors (Lipinski definition) is 2. The van der Waals surface area contributed by atoms with E-state index in [9.17, 15) is 0 Å². The Balaban J connectivity index is 2.29. The lowest BCUT2D eigenvalue weighted by Gasteiger charge is -2.39. The molecular formula is C14H22N2. The second-order valence-electron chi connectivity index (χ2n) is 5.05. The van der Waals surface area contributed by atoms with Crippen LogP contribution in [0.3, 0.4) is 0 Å². The van der Waals surface area contributed by atoms with Crippen LogP contribution in [0.5, 0.6) is 0 Å². The molecular weight excluding hydrogens is 196 g/mol. The Kier molecular flexibility index (Phi) is 3.31. The maximum absolute atomic E-state index is 3.51. The first-order valence-electron chi connectivity index (χ1n) is 6.09. The van der Waals surface area contributed by atoms with Crippen molar-refractivity contribution in [3.63, 3.8) is 0 Å². The van der Waals surface area contributed by atoms with E-state index in [1.165, 1.54) is 16.7 Å². The summed E-state index contributed by atoms with van der Waals surface area (Å²) >= 11 is 0. The molecule has 0 spiro atoms. The van der Waals surface area contributed by atoms with E-state index in [1.807, 2.05) is 0 Å². The van der Waals surface area contributed by atoms with E-state index in [2.05, 4.69) is 56.2 Å². The topological polar surface area (TPSA) is 15.3 Å². The van der Waals surface area contributed by atoms with Gasteiger partial charge in [0, 0.05) is 25.2 Å². The average Bonchev–Trinajstić information content (AvgIpc) is 2.23. The lowest BCUT2D eigenvalue weighted by atomic mass is 9.96. The van der Waals surface area contributed by atoms with Crippen LogP contribution in [-0.4, -0.2) is 31.1 Å². The Morgan fingerprint density at radius 2 is 2.00 bits per heavy atom. The van der Waals surface area contributed by atoms with E-state index in [1.54, 1.807) is 0 Å². The minimum atomic E-state index is 0.518. The monoisotopic (exact) mass is 218 g/mol. The minimum Gasteiger partial charge on any atom is -0.313 e. The molecule has 16 heavy (non-hydrogen) atoms. The van der Waals surface area contributed by atoms with Crippen molar-refractivity contribution < 1.29 is 0 Å². The second-order valence-corrected chi connectivity index (χ2v) is 5.05. The molecule has 1 aliphatic heterocycles. The minimum absolute atomic E-state index is 0.518. The smallest absolute Gasteiger partial charge is 0.0475 e. The van der Waals surface area contributed by atoms with Crippen molar-refractivity contribution >= 4 is 0 Å². The van der Waals surface area contributed by atoms with Crippen molar-refractivity contribution in [2.45, 2.75) is 32.9 Å². The van der Waals surface area contributed by atoms with Crippen LogP contribution in [0, 0.1) is 13.8 Å². The summed E-state index contributed by atoms with van der Waals surface area (Å²) in [5.74, 6) is 0. The quantitative estimate of drug-likeness (QED) is 0.778.